The van der Waals surface area contributed by atoms with Gasteiger partial charge in [0.05, 0.1) is 35.2 Å². The maximum absolute atomic E-state index is 9.81. The van der Waals surface area contributed by atoms with E-state index in [-0.39, 0.29) is 17.1 Å². The minimum absolute atomic E-state index is 0. The third kappa shape index (κ3) is 5.05. The van der Waals surface area contributed by atoms with E-state index in [0.717, 1.165) is 23.1 Å². The number of nitrogens with zero attached hydrogens (tertiary/aromatic N) is 4. The molecule has 0 bridgehead atoms. The third-order valence-electron chi connectivity index (χ3n) is 1.22. The Morgan fingerprint density at radius 1 is 0.941 bits per heavy atom. The van der Waals surface area contributed by atoms with Gasteiger partial charge in [0.2, 0.25) is 0 Å². The van der Waals surface area contributed by atoms with Crippen molar-refractivity contribution in [3.63, 3.8) is 0 Å². The molecule has 0 unspecified atom stereocenters. The van der Waals surface area contributed by atoms with Crippen LogP contribution < -0.4 is 0 Å². The van der Waals surface area contributed by atoms with E-state index in [0.29, 0.717) is 0 Å². The molecule has 2 aromatic rings. The average Bonchev–Trinajstić information content (AvgIpc) is 2.93. The van der Waals surface area contributed by atoms with Gasteiger partial charge in [-0.05, 0) is 9.85 Å². The Balaban J connectivity index is 0.000000284. The molecule has 2 rings (SSSR count). The molecule has 17 heavy (non-hydrogen) atoms. The highest BCUT2D eigenvalue weighted by Crippen LogP contribution is 2.07. The van der Waals surface area contributed by atoms with Crippen LogP contribution in [0, 0.1) is 20.2 Å². The molecule has 0 fully saturated rings. The summed E-state index contributed by atoms with van der Waals surface area (Å²) < 4.78 is 6.92. The molecule has 2 aromatic heterocycles. The van der Waals surface area contributed by atoms with Gasteiger partial charge in [-0.3, -0.25) is 0 Å². The lowest BCUT2D eigenvalue weighted by Crippen LogP contribution is -1.84. The van der Waals surface area contributed by atoms with Crippen LogP contribution in [0.15, 0.2) is 22.9 Å². The third-order valence-corrected chi connectivity index (χ3v) is 2.32. The summed E-state index contributed by atoms with van der Waals surface area (Å²) in [6.45, 7) is 0. The maximum Gasteiger partial charge on any atom is 0.378 e. The van der Waals surface area contributed by atoms with Gasteiger partial charge < -0.3 is 25.7 Å². The van der Waals surface area contributed by atoms with E-state index in [1.54, 1.807) is 10.8 Å². The summed E-state index contributed by atoms with van der Waals surface area (Å²) in [5.74, 6) is -0.148. The van der Waals surface area contributed by atoms with Crippen molar-refractivity contribution in [2.75, 3.05) is 0 Å². The van der Waals surface area contributed by atoms with Crippen molar-refractivity contribution in [1.82, 2.24) is 8.75 Å². The van der Waals surface area contributed by atoms with Crippen molar-refractivity contribution in [1.29, 1.82) is 0 Å². The van der Waals surface area contributed by atoms with Gasteiger partial charge in [0.25, 0.3) is 0 Å². The molecule has 0 spiro atoms. The Labute approximate surface area is 102 Å². The van der Waals surface area contributed by atoms with Crippen LogP contribution in [0.4, 0.5) is 11.6 Å². The zero-order chi connectivity index (χ0) is 12.0. The van der Waals surface area contributed by atoms with Gasteiger partial charge in [-0.2, -0.15) is 0 Å². The van der Waals surface area contributed by atoms with Crippen LogP contribution in [-0.2, 0) is 0 Å². The molecule has 0 saturated carbocycles. The molecule has 0 radical (unpaired) electrons. The molecule has 11 heteroatoms. The van der Waals surface area contributed by atoms with Crippen LogP contribution in [0.25, 0.3) is 0 Å². The molecule has 2 heterocycles. The first kappa shape index (κ1) is 15.0. The highest BCUT2D eigenvalue weighted by Gasteiger charge is 2.04. The molecule has 0 atom stereocenters. The van der Waals surface area contributed by atoms with Crippen LogP contribution in [0.3, 0.4) is 0 Å². The van der Waals surface area contributed by atoms with E-state index in [4.69, 9.17) is 0 Å². The fraction of sp³-hybridized carbons (Fsp3) is 0. The van der Waals surface area contributed by atoms with E-state index in [1.165, 1.54) is 12.1 Å². The molecule has 9 nitrogen and oxygen atoms in total. The molecule has 2 N–H and O–H groups in total. The monoisotopic (exact) mass is 278 g/mol. The first-order chi connectivity index (χ1) is 7.61. The first-order valence-corrected chi connectivity index (χ1v) is 5.38. The smallest absolute Gasteiger partial charge is 0.378 e. The second-order valence-electron chi connectivity index (χ2n) is 2.23. The van der Waals surface area contributed by atoms with E-state index in [9.17, 15) is 20.2 Å². The highest BCUT2D eigenvalue weighted by molar-refractivity contribution is 7.04. The fourth-order valence-corrected chi connectivity index (χ4v) is 1.56. The molecule has 0 aliphatic heterocycles. The van der Waals surface area contributed by atoms with E-state index >= 15 is 0 Å². The fourth-order valence-electron chi connectivity index (χ4n) is 0.601. The molecular formula is C6H6N4O5S2. The second kappa shape index (κ2) is 7.32. The van der Waals surface area contributed by atoms with Crippen molar-refractivity contribution < 1.29 is 15.3 Å². The minimum atomic E-state index is -0.517. The average molecular weight is 278 g/mol. The summed E-state index contributed by atoms with van der Waals surface area (Å²) in [6, 6.07) is 2.73. The number of rotatable bonds is 2. The standard InChI is InChI=1S/2C3H2N2O2S.H2O/c2*6-5(7)3-1-2-8-4-3;/h2*1-2H;1H2. The summed E-state index contributed by atoms with van der Waals surface area (Å²) in [5.41, 5.74) is 0. The number of hydrogen-bond acceptors (Lipinski definition) is 8. The zero-order valence-corrected chi connectivity index (χ0v) is 9.68. The van der Waals surface area contributed by atoms with Crippen LogP contribution >= 0.6 is 23.1 Å². The van der Waals surface area contributed by atoms with Gasteiger partial charge in [-0.1, -0.05) is 0 Å². The van der Waals surface area contributed by atoms with Gasteiger partial charge in [-0.15, -0.1) is 0 Å². The van der Waals surface area contributed by atoms with Crippen molar-refractivity contribution in [3.8, 4) is 0 Å². The Hall–Kier alpha value is -1.98. The number of aromatic nitrogens is 2. The minimum Gasteiger partial charge on any atom is -0.412 e. The SMILES string of the molecule is O.O=[N+]([O-])c1ccsn1.O=[N+]([O-])c1ccsn1. The van der Waals surface area contributed by atoms with Gasteiger partial charge in [0.15, 0.2) is 0 Å². The van der Waals surface area contributed by atoms with Crippen LogP contribution in [-0.4, -0.2) is 24.1 Å². The van der Waals surface area contributed by atoms with Crippen molar-refractivity contribution in [3.05, 3.63) is 43.1 Å². The molecule has 92 valence electrons. The number of nitro groups is 2. The zero-order valence-electron chi connectivity index (χ0n) is 8.05. The van der Waals surface area contributed by atoms with E-state index < -0.39 is 9.85 Å². The summed E-state index contributed by atoms with van der Waals surface area (Å²) >= 11 is 2.15. The topological polar surface area (TPSA) is 144 Å². The summed E-state index contributed by atoms with van der Waals surface area (Å²) in [7, 11) is 0. The predicted molar refractivity (Wildman–Crippen MR) is 61.2 cm³/mol. The van der Waals surface area contributed by atoms with Crippen LogP contribution in [0.5, 0.6) is 0 Å². The summed E-state index contributed by atoms with van der Waals surface area (Å²) in [4.78, 5) is 18.6. The van der Waals surface area contributed by atoms with Gasteiger partial charge in [0, 0.05) is 19.5 Å². The van der Waals surface area contributed by atoms with E-state index in [2.05, 4.69) is 8.75 Å². The highest BCUT2D eigenvalue weighted by atomic mass is 32.1. The van der Waals surface area contributed by atoms with Crippen molar-refractivity contribution >= 4 is 34.7 Å². The normalized spacial score (nSPS) is 8.47. The van der Waals surface area contributed by atoms with Crippen LogP contribution in [0.2, 0.25) is 0 Å². The Morgan fingerprint density at radius 2 is 1.29 bits per heavy atom. The first-order valence-electron chi connectivity index (χ1n) is 3.71. The Kier molecular flexibility index (Phi) is 6.47. The molecular weight excluding hydrogens is 272 g/mol. The molecule has 0 saturated heterocycles. The molecule has 0 aliphatic rings. The van der Waals surface area contributed by atoms with Gasteiger partial charge in [0.1, 0.15) is 0 Å². The lowest BCUT2D eigenvalue weighted by Gasteiger charge is -1.80. The van der Waals surface area contributed by atoms with Crippen molar-refractivity contribution in [2.24, 2.45) is 0 Å². The lowest BCUT2D eigenvalue weighted by molar-refractivity contribution is -0.388. The van der Waals surface area contributed by atoms with Crippen LogP contribution in [0.1, 0.15) is 0 Å². The Morgan fingerprint density at radius 3 is 1.41 bits per heavy atom. The second-order valence-corrected chi connectivity index (χ2v) is 3.56. The Bertz CT molecular complexity index is 412. The van der Waals surface area contributed by atoms with E-state index in [1.807, 2.05) is 0 Å². The number of hydrogen-bond donors (Lipinski definition) is 0. The molecule has 0 amide bonds. The van der Waals surface area contributed by atoms with Gasteiger partial charge >= 0.3 is 11.6 Å². The molecule has 0 aliphatic carbocycles. The largest absolute Gasteiger partial charge is 0.412 e. The quantitative estimate of drug-likeness (QED) is 0.597. The summed E-state index contributed by atoms with van der Waals surface area (Å²) in [5, 5.41) is 22.8. The molecule has 0 aromatic carbocycles. The maximum atomic E-state index is 9.81. The van der Waals surface area contributed by atoms with Gasteiger partial charge in [-0.25, -0.2) is 0 Å². The van der Waals surface area contributed by atoms with Crippen molar-refractivity contribution in [2.45, 2.75) is 0 Å². The lowest BCUT2D eigenvalue weighted by atomic mass is 10.7. The summed E-state index contributed by atoms with van der Waals surface area (Å²) in [6.07, 6.45) is 0. The predicted octanol–water partition coefficient (Wildman–Crippen LogP) is 1.28.